The number of hydrogen-bond donors (Lipinski definition) is 6. The highest BCUT2D eigenvalue weighted by molar-refractivity contribution is 5.95. The van der Waals surface area contributed by atoms with Gasteiger partial charge in [-0.05, 0) is 54.6 Å². The number of hydrogen-bond acceptors (Lipinski definition) is 13. The molecule has 0 heterocycles. The highest BCUT2D eigenvalue weighted by atomic mass is 17.2. The van der Waals surface area contributed by atoms with Crippen molar-refractivity contribution >= 4 is 35.0 Å². The van der Waals surface area contributed by atoms with Crippen molar-refractivity contribution in [3.63, 3.8) is 0 Å². The molecule has 0 aliphatic rings. The van der Waals surface area contributed by atoms with Crippen LogP contribution in [-0.2, 0) is 14.5 Å². The third-order valence-corrected chi connectivity index (χ3v) is 4.19. The molecule has 3 aromatic rings. The normalized spacial score (nSPS) is 10.5. The van der Waals surface area contributed by atoms with Gasteiger partial charge in [-0.3, -0.25) is 14.5 Å². The Bertz CT molecular complexity index is 1120. The predicted octanol–water partition coefficient (Wildman–Crippen LogP) is 1.47. The Kier molecular flexibility index (Phi) is 6.59. The summed E-state index contributed by atoms with van der Waals surface area (Å²) in [6.45, 7) is 0. The molecule has 0 aliphatic heterocycles. The van der Waals surface area contributed by atoms with Crippen LogP contribution in [0.25, 0.3) is 0 Å². The summed E-state index contributed by atoms with van der Waals surface area (Å²) in [6.07, 6.45) is 0. The summed E-state index contributed by atoms with van der Waals surface area (Å²) >= 11 is 0. The first kappa shape index (κ1) is 23.5. The lowest BCUT2D eigenvalue weighted by Gasteiger charge is -2.18. The molecule has 0 spiro atoms. The van der Waals surface area contributed by atoms with Gasteiger partial charge in [-0.1, -0.05) is 0 Å². The maximum Gasteiger partial charge on any atom is 0.367 e. The minimum atomic E-state index is -1.35. The Labute approximate surface area is 190 Å². The SMILES string of the molecule is Nc1ccc(O)c(C(=O)ON(OC(=O)c2cc(N)ccc2O)OC(=O)c2cc(N)ccc2O)c1. The number of aromatic hydroxyl groups is 3. The van der Waals surface area contributed by atoms with E-state index >= 15 is 0 Å². The fourth-order valence-corrected chi connectivity index (χ4v) is 2.56. The van der Waals surface area contributed by atoms with E-state index in [4.69, 9.17) is 31.7 Å². The van der Waals surface area contributed by atoms with Crippen molar-refractivity contribution in [3.05, 3.63) is 71.3 Å². The molecule has 34 heavy (non-hydrogen) atoms. The summed E-state index contributed by atoms with van der Waals surface area (Å²) in [5, 5.41) is 29.4. The number of phenols is 3. The standard InChI is InChI=1S/C21H18N4O9/c22-10-1-4-16(26)13(7-10)19(29)32-25(33-20(30)14-8-11(23)2-5-17(14)27)34-21(31)15-9-12(24)3-6-18(15)28/h1-9,26-28H,22-24H2. The molecule has 9 N–H and O–H groups in total. The van der Waals surface area contributed by atoms with Crippen LogP contribution < -0.4 is 17.2 Å². The summed E-state index contributed by atoms with van der Waals surface area (Å²) < 4.78 is 0. The van der Waals surface area contributed by atoms with Crippen LogP contribution in [0.5, 0.6) is 17.2 Å². The first-order chi connectivity index (χ1) is 16.0. The Morgan fingerprint density at radius 3 is 1.09 bits per heavy atom. The van der Waals surface area contributed by atoms with E-state index in [0.717, 1.165) is 36.4 Å². The molecule has 0 saturated heterocycles. The van der Waals surface area contributed by atoms with Gasteiger partial charge < -0.3 is 32.5 Å². The Morgan fingerprint density at radius 1 is 0.559 bits per heavy atom. The fourth-order valence-electron chi connectivity index (χ4n) is 2.56. The number of carbonyl (C=O) groups is 3. The van der Waals surface area contributed by atoms with E-state index < -0.39 is 51.8 Å². The molecule has 13 heteroatoms. The second-order valence-corrected chi connectivity index (χ2v) is 6.69. The van der Waals surface area contributed by atoms with Gasteiger partial charge in [0.05, 0.1) is 0 Å². The number of carbonyl (C=O) groups excluding carboxylic acids is 3. The van der Waals surface area contributed by atoms with Crippen LogP contribution in [0.1, 0.15) is 31.1 Å². The summed E-state index contributed by atoms with van der Waals surface area (Å²) in [5.41, 5.74) is 15.6. The lowest BCUT2D eigenvalue weighted by atomic mass is 10.2. The second kappa shape index (κ2) is 9.54. The molecule has 0 fully saturated rings. The molecule has 0 atom stereocenters. The van der Waals surface area contributed by atoms with Crippen LogP contribution in [0.15, 0.2) is 54.6 Å². The summed E-state index contributed by atoms with van der Waals surface area (Å²) in [4.78, 5) is 51.8. The van der Waals surface area contributed by atoms with Gasteiger partial charge in [-0.2, -0.15) is 0 Å². The molecule has 3 aromatic carbocycles. The number of nitrogens with zero attached hydrogens (tertiary/aromatic N) is 1. The largest absolute Gasteiger partial charge is 0.507 e. The molecule has 176 valence electrons. The highest BCUT2D eigenvalue weighted by Crippen LogP contribution is 2.25. The quantitative estimate of drug-likeness (QED) is 0.171. The third kappa shape index (κ3) is 5.35. The number of nitrogens with two attached hydrogens (primary N) is 3. The van der Waals surface area contributed by atoms with E-state index in [9.17, 15) is 29.7 Å². The number of rotatable bonds is 6. The maximum atomic E-state index is 12.5. The third-order valence-electron chi connectivity index (χ3n) is 4.19. The lowest BCUT2D eigenvalue weighted by Crippen LogP contribution is -2.33. The van der Waals surface area contributed by atoms with Crippen molar-refractivity contribution in [1.29, 1.82) is 0 Å². The maximum absolute atomic E-state index is 12.5. The summed E-state index contributed by atoms with van der Waals surface area (Å²) in [6, 6.07) is 10.4. The van der Waals surface area contributed by atoms with E-state index in [-0.39, 0.29) is 22.5 Å². The van der Waals surface area contributed by atoms with Gasteiger partial charge in [-0.25, -0.2) is 14.4 Å². The summed E-state index contributed by atoms with van der Waals surface area (Å²) in [7, 11) is 0. The molecule has 0 radical (unpaired) electrons. The van der Waals surface area contributed by atoms with E-state index in [1.807, 2.05) is 0 Å². The van der Waals surface area contributed by atoms with Crippen LogP contribution in [-0.4, -0.2) is 38.6 Å². The van der Waals surface area contributed by atoms with Gasteiger partial charge in [-0.15, -0.1) is 0 Å². The van der Waals surface area contributed by atoms with Gasteiger partial charge in [0, 0.05) is 17.1 Å². The Balaban J connectivity index is 1.90. The minimum Gasteiger partial charge on any atom is -0.507 e. The molecule has 0 bridgehead atoms. The molecule has 0 aromatic heterocycles. The zero-order valence-electron chi connectivity index (χ0n) is 17.2. The molecule has 0 saturated carbocycles. The molecule has 13 nitrogen and oxygen atoms in total. The average molecular weight is 470 g/mol. The van der Waals surface area contributed by atoms with E-state index in [0.29, 0.717) is 0 Å². The monoisotopic (exact) mass is 470 g/mol. The van der Waals surface area contributed by atoms with E-state index in [1.165, 1.54) is 18.2 Å². The minimum absolute atomic E-state index is 0.0830. The fraction of sp³-hybridized carbons (Fsp3) is 0. The van der Waals surface area contributed by atoms with Crippen molar-refractivity contribution in [2.45, 2.75) is 0 Å². The highest BCUT2D eigenvalue weighted by Gasteiger charge is 2.28. The molecule has 0 aliphatic carbocycles. The van der Waals surface area contributed by atoms with Crippen LogP contribution in [0.4, 0.5) is 17.1 Å². The van der Waals surface area contributed by atoms with Crippen molar-refractivity contribution in [2.24, 2.45) is 0 Å². The van der Waals surface area contributed by atoms with Gasteiger partial charge in [0.2, 0.25) is 5.39 Å². The zero-order valence-corrected chi connectivity index (χ0v) is 17.2. The first-order valence-electron chi connectivity index (χ1n) is 9.27. The van der Waals surface area contributed by atoms with Crippen LogP contribution in [0.2, 0.25) is 0 Å². The predicted molar refractivity (Wildman–Crippen MR) is 116 cm³/mol. The molecule has 0 amide bonds. The van der Waals surface area contributed by atoms with E-state index in [1.54, 1.807) is 0 Å². The number of benzene rings is 3. The van der Waals surface area contributed by atoms with Crippen molar-refractivity contribution < 1.29 is 44.2 Å². The number of nitrogen functional groups attached to an aromatic ring is 3. The van der Waals surface area contributed by atoms with Crippen molar-refractivity contribution in [2.75, 3.05) is 17.2 Å². The number of anilines is 3. The Morgan fingerprint density at radius 2 is 0.824 bits per heavy atom. The van der Waals surface area contributed by atoms with Gasteiger partial charge in [0.25, 0.3) is 0 Å². The van der Waals surface area contributed by atoms with Crippen LogP contribution >= 0.6 is 0 Å². The topological polar surface area (TPSA) is 221 Å². The van der Waals surface area contributed by atoms with Gasteiger partial charge >= 0.3 is 17.9 Å². The number of phenolic OH excluding ortho intramolecular Hbond substituents is 3. The second-order valence-electron chi connectivity index (χ2n) is 6.69. The molecule has 0 unspecified atom stereocenters. The van der Waals surface area contributed by atoms with Crippen LogP contribution in [0, 0.1) is 0 Å². The molecule has 3 rings (SSSR count). The Hall–Kier alpha value is -5.17. The zero-order chi connectivity index (χ0) is 25.0. The van der Waals surface area contributed by atoms with Crippen molar-refractivity contribution in [3.8, 4) is 17.2 Å². The summed E-state index contributed by atoms with van der Waals surface area (Å²) in [5.74, 6) is -5.67. The van der Waals surface area contributed by atoms with Crippen molar-refractivity contribution in [1.82, 2.24) is 5.39 Å². The smallest absolute Gasteiger partial charge is 0.367 e. The van der Waals surface area contributed by atoms with E-state index in [2.05, 4.69) is 0 Å². The van der Waals surface area contributed by atoms with Gasteiger partial charge in [0.1, 0.15) is 33.9 Å². The van der Waals surface area contributed by atoms with Gasteiger partial charge in [0.15, 0.2) is 0 Å². The average Bonchev–Trinajstić information content (AvgIpc) is 2.78. The van der Waals surface area contributed by atoms with Crippen LogP contribution in [0.3, 0.4) is 0 Å². The molecular formula is C21H18N4O9. The lowest BCUT2D eigenvalue weighted by molar-refractivity contribution is -0.449. The first-order valence-corrected chi connectivity index (χ1v) is 9.27. The molecular weight excluding hydrogens is 452 g/mol.